The highest BCUT2D eigenvalue weighted by Crippen LogP contribution is 2.29. The first-order chi connectivity index (χ1) is 13.5. The molecule has 0 unspecified atom stereocenters. The fraction of sp³-hybridized carbons (Fsp3) is 0.381. The summed E-state index contributed by atoms with van der Waals surface area (Å²) in [6.45, 7) is 5.92. The van der Waals surface area contributed by atoms with E-state index in [0.717, 1.165) is 40.2 Å². The van der Waals surface area contributed by atoms with Crippen molar-refractivity contribution in [3.8, 4) is 6.07 Å². The standard InChI is InChI=1S/C21H23N5OS/c1-13-14(2)28-19-18(13)20(27)26(11-16-6-3-5-15(9-16)10-22)21(24-19)25-8-4-7-17(23)12-25/h3,5-6,9,17H,4,7-8,11-12,23H2,1-2H3/t17-/m1/s1. The molecule has 0 radical (unpaired) electrons. The van der Waals surface area contributed by atoms with Crippen LogP contribution in [0, 0.1) is 25.2 Å². The van der Waals surface area contributed by atoms with E-state index in [1.54, 1.807) is 22.0 Å². The molecule has 7 heteroatoms. The number of aryl methyl sites for hydroxylation is 2. The molecule has 2 aromatic heterocycles. The molecule has 0 bridgehead atoms. The molecule has 0 aliphatic carbocycles. The molecule has 28 heavy (non-hydrogen) atoms. The van der Waals surface area contributed by atoms with Gasteiger partial charge in [0.1, 0.15) is 4.83 Å². The summed E-state index contributed by atoms with van der Waals surface area (Å²) in [5, 5.41) is 9.90. The van der Waals surface area contributed by atoms with Crippen LogP contribution in [0.1, 0.15) is 34.4 Å². The van der Waals surface area contributed by atoms with E-state index in [2.05, 4.69) is 11.0 Å². The van der Waals surface area contributed by atoms with Crippen molar-refractivity contribution < 1.29 is 0 Å². The van der Waals surface area contributed by atoms with Gasteiger partial charge in [-0.3, -0.25) is 9.36 Å². The van der Waals surface area contributed by atoms with Gasteiger partial charge in [0, 0.05) is 24.0 Å². The van der Waals surface area contributed by atoms with Crippen LogP contribution in [0.4, 0.5) is 5.95 Å². The summed E-state index contributed by atoms with van der Waals surface area (Å²) in [6, 6.07) is 9.64. The minimum atomic E-state index is -0.0247. The summed E-state index contributed by atoms with van der Waals surface area (Å²) in [7, 11) is 0. The number of hydrogen-bond donors (Lipinski definition) is 1. The number of piperidine rings is 1. The van der Waals surface area contributed by atoms with Gasteiger partial charge >= 0.3 is 0 Å². The second-order valence-electron chi connectivity index (χ2n) is 7.43. The molecule has 4 rings (SSSR count). The second kappa shape index (κ2) is 7.38. The van der Waals surface area contributed by atoms with Crippen molar-refractivity contribution in [2.45, 2.75) is 39.3 Å². The number of hydrogen-bond acceptors (Lipinski definition) is 6. The highest BCUT2D eigenvalue weighted by molar-refractivity contribution is 7.18. The monoisotopic (exact) mass is 393 g/mol. The van der Waals surface area contributed by atoms with Gasteiger partial charge in [0.25, 0.3) is 5.56 Å². The van der Waals surface area contributed by atoms with Crippen LogP contribution in [0.25, 0.3) is 10.2 Å². The quantitative estimate of drug-likeness (QED) is 0.739. The molecule has 2 N–H and O–H groups in total. The molecular weight excluding hydrogens is 370 g/mol. The smallest absolute Gasteiger partial charge is 0.264 e. The fourth-order valence-electron chi connectivity index (χ4n) is 3.81. The van der Waals surface area contributed by atoms with Crippen LogP contribution in [0.5, 0.6) is 0 Å². The van der Waals surface area contributed by atoms with E-state index in [1.807, 2.05) is 32.0 Å². The van der Waals surface area contributed by atoms with Crippen LogP contribution in [-0.2, 0) is 6.54 Å². The highest BCUT2D eigenvalue weighted by Gasteiger charge is 2.24. The maximum absolute atomic E-state index is 13.5. The Labute approximate surface area is 167 Å². The Morgan fingerprint density at radius 1 is 1.39 bits per heavy atom. The Morgan fingerprint density at radius 3 is 2.96 bits per heavy atom. The maximum Gasteiger partial charge on any atom is 0.264 e. The summed E-state index contributed by atoms with van der Waals surface area (Å²) in [6.07, 6.45) is 1.98. The molecule has 1 aliphatic heterocycles. The second-order valence-corrected chi connectivity index (χ2v) is 8.63. The number of aromatic nitrogens is 2. The van der Waals surface area contributed by atoms with E-state index in [4.69, 9.17) is 10.7 Å². The molecule has 6 nitrogen and oxygen atoms in total. The van der Waals surface area contributed by atoms with Crippen LogP contribution in [0.15, 0.2) is 29.1 Å². The minimum absolute atomic E-state index is 0.0247. The van der Waals surface area contributed by atoms with Crippen LogP contribution in [0.3, 0.4) is 0 Å². The first kappa shape index (κ1) is 18.7. The average molecular weight is 394 g/mol. The first-order valence-electron chi connectivity index (χ1n) is 9.48. The summed E-state index contributed by atoms with van der Waals surface area (Å²) in [5.41, 5.74) is 8.66. The van der Waals surface area contributed by atoms with Crippen molar-refractivity contribution in [3.63, 3.8) is 0 Å². The third kappa shape index (κ3) is 3.30. The van der Waals surface area contributed by atoms with E-state index in [1.165, 1.54) is 0 Å². The molecule has 1 saturated heterocycles. The summed E-state index contributed by atoms with van der Waals surface area (Å²) in [5.74, 6) is 0.677. The van der Waals surface area contributed by atoms with Gasteiger partial charge in [-0.15, -0.1) is 11.3 Å². The van der Waals surface area contributed by atoms with Crippen LogP contribution >= 0.6 is 11.3 Å². The van der Waals surface area contributed by atoms with Crippen molar-refractivity contribution in [3.05, 3.63) is 56.2 Å². The van der Waals surface area contributed by atoms with Crippen LogP contribution in [-0.4, -0.2) is 28.7 Å². The van der Waals surface area contributed by atoms with Crippen molar-refractivity contribution >= 4 is 27.5 Å². The molecule has 1 fully saturated rings. The van der Waals surface area contributed by atoms with Crippen LogP contribution < -0.4 is 16.2 Å². The molecule has 1 aromatic carbocycles. The first-order valence-corrected chi connectivity index (χ1v) is 10.3. The third-order valence-electron chi connectivity index (χ3n) is 5.41. The van der Waals surface area contributed by atoms with Crippen molar-refractivity contribution in [1.29, 1.82) is 5.26 Å². The number of thiophene rings is 1. The lowest BCUT2D eigenvalue weighted by Gasteiger charge is -2.33. The third-order valence-corrected chi connectivity index (χ3v) is 6.51. The highest BCUT2D eigenvalue weighted by atomic mass is 32.1. The molecule has 3 aromatic rings. The Balaban J connectivity index is 1.89. The van der Waals surface area contributed by atoms with Gasteiger partial charge < -0.3 is 10.6 Å². The Bertz CT molecular complexity index is 1140. The molecule has 0 saturated carbocycles. The zero-order valence-corrected chi connectivity index (χ0v) is 16.9. The number of nitrogens with two attached hydrogens (primary N) is 1. The van der Waals surface area contributed by atoms with E-state index < -0.39 is 0 Å². The number of rotatable bonds is 3. The summed E-state index contributed by atoms with van der Waals surface area (Å²) < 4.78 is 1.75. The van der Waals surface area contributed by atoms with Gasteiger partial charge in [-0.25, -0.2) is 4.98 Å². The van der Waals surface area contributed by atoms with Gasteiger partial charge in [0.05, 0.1) is 23.6 Å². The topological polar surface area (TPSA) is 87.9 Å². The Hall–Kier alpha value is -2.69. The van der Waals surface area contributed by atoms with Crippen molar-refractivity contribution in [2.24, 2.45) is 5.73 Å². The normalized spacial score (nSPS) is 17.1. The van der Waals surface area contributed by atoms with E-state index in [-0.39, 0.29) is 11.6 Å². The molecular formula is C21H23N5OS. The van der Waals surface area contributed by atoms with Crippen molar-refractivity contribution in [2.75, 3.05) is 18.0 Å². The lowest BCUT2D eigenvalue weighted by Crippen LogP contribution is -2.45. The number of benzene rings is 1. The Morgan fingerprint density at radius 2 is 2.21 bits per heavy atom. The van der Waals surface area contributed by atoms with Gasteiger partial charge in [-0.1, -0.05) is 12.1 Å². The molecule has 1 atom stereocenters. The largest absolute Gasteiger partial charge is 0.341 e. The number of anilines is 1. The van der Waals surface area contributed by atoms with E-state index >= 15 is 0 Å². The number of fused-ring (bicyclic) bond motifs is 1. The summed E-state index contributed by atoms with van der Waals surface area (Å²) in [4.78, 5) is 22.4. The molecule has 0 amide bonds. The predicted octanol–water partition coefficient (Wildman–Crippen LogP) is 2.92. The number of nitrogens with zero attached hydrogens (tertiary/aromatic N) is 4. The molecule has 0 spiro atoms. The molecule has 144 valence electrons. The summed E-state index contributed by atoms with van der Waals surface area (Å²) >= 11 is 1.57. The minimum Gasteiger partial charge on any atom is -0.341 e. The van der Waals surface area contributed by atoms with Gasteiger partial charge in [-0.2, -0.15) is 5.26 Å². The van der Waals surface area contributed by atoms with Gasteiger partial charge in [0.2, 0.25) is 5.95 Å². The van der Waals surface area contributed by atoms with Gasteiger partial charge in [0.15, 0.2) is 0 Å². The lowest BCUT2D eigenvalue weighted by atomic mass is 10.1. The van der Waals surface area contributed by atoms with Crippen molar-refractivity contribution in [1.82, 2.24) is 9.55 Å². The average Bonchev–Trinajstić information content (AvgIpc) is 2.98. The zero-order valence-electron chi connectivity index (χ0n) is 16.1. The number of nitriles is 1. The Kier molecular flexibility index (Phi) is 4.92. The lowest BCUT2D eigenvalue weighted by molar-refractivity contribution is 0.492. The van der Waals surface area contributed by atoms with E-state index in [0.29, 0.717) is 30.0 Å². The molecule has 1 aliphatic rings. The van der Waals surface area contributed by atoms with Crippen LogP contribution in [0.2, 0.25) is 0 Å². The van der Waals surface area contributed by atoms with Gasteiger partial charge in [-0.05, 0) is 49.9 Å². The van der Waals surface area contributed by atoms with E-state index in [9.17, 15) is 10.1 Å². The maximum atomic E-state index is 13.5. The SMILES string of the molecule is Cc1sc2nc(N3CCC[C@@H](N)C3)n(Cc3cccc(C#N)c3)c(=O)c2c1C. The molecule has 3 heterocycles. The predicted molar refractivity (Wildman–Crippen MR) is 113 cm³/mol. The zero-order chi connectivity index (χ0) is 19.8. The fourth-order valence-corrected chi connectivity index (χ4v) is 4.83.